The second kappa shape index (κ2) is 17.4. The molecular weight excluding hydrogens is 710 g/mol. The smallest absolute Gasteiger partial charge is 0.409 e. The van der Waals surface area contributed by atoms with Crippen molar-refractivity contribution in [2.24, 2.45) is 17.1 Å². The van der Waals surface area contributed by atoms with Gasteiger partial charge in [-0.1, -0.05) is 70.7 Å². The zero-order valence-electron chi connectivity index (χ0n) is 30.8. The van der Waals surface area contributed by atoms with Gasteiger partial charge < -0.3 is 29.9 Å². The second-order valence-corrected chi connectivity index (χ2v) is 22.4. The lowest BCUT2D eigenvalue weighted by molar-refractivity contribution is -0.138. The fraction of sp³-hybridized carbons (Fsp3) is 0.500. The van der Waals surface area contributed by atoms with Gasteiger partial charge in [-0.15, -0.1) is 11.8 Å². The number of hydrogen-bond donors (Lipinski definition) is 2. The number of alkyl halides is 1. The van der Waals surface area contributed by atoms with E-state index < -0.39 is 61.4 Å². The van der Waals surface area contributed by atoms with Crippen LogP contribution in [-0.4, -0.2) is 95.5 Å². The van der Waals surface area contributed by atoms with Crippen LogP contribution in [0, 0.1) is 23.0 Å². The van der Waals surface area contributed by atoms with Gasteiger partial charge in [0.05, 0.1) is 24.9 Å². The van der Waals surface area contributed by atoms with Gasteiger partial charge in [0.1, 0.15) is 23.8 Å². The molecule has 0 unspecified atom stereocenters. The van der Waals surface area contributed by atoms with Crippen molar-refractivity contribution in [3.8, 4) is 11.1 Å². The number of hydrogen-bond acceptors (Lipinski definition) is 6. The third-order valence-electron chi connectivity index (χ3n) is 9.07. The van der Waals surface area contributed by atoms with E-state index >= 15 is 8.78 Å². The Kier molecular flexibility index (Phi) is 13.7. The van der Waals surface area contributed by atoms with E-state index in [1.54, 1.807) is 17.2 Å². The molecule has 52 heavy (non-hydrogen) atoms. The summed E-state index contributed by atoms with van der Waals surface area (Å²) in [4.78, 5) is 41.6. The normalized spacial score (nSPS) is 17.5. The van der Waals surface area contributed by atoms with Crippen molar-refractivity contribution in [3.05, 3.63) is 83.7 Å². The number of nitrogens with two attached hydrogens (primary N) is 1. The molecule has 9 nitrogen and oxygen atoms in total. The Morgan fingerprint density at radius 3 is 2.40 bits per heavy atom. The number of likely N-dealkylation sites (tertiary alicyclic amines) is 1. The maximum absolute atomic E-state index is 15.9. The van der Waals surface area contributed by atoms with Crippen LogP contribution in [0.5, 0.6) is 0 Å². The summed E-state index contributed by atoms with van der Waals surface area (Å²) >= 11 is 1.07. The summed E-state index contributed by atoms with van der Waals surface area (Å²) in [5, 5.41) is 9.30. The summed E-state index contributed by atoms with van der Waals surface area (Å²) < 4.78 is 52.9. The lowest BCUT2D eigenvalue weighted by Crippen LogP contribution is -2.47. The van der Waals surface area contributed by atoms with E-state index in [4.69, 9.17) is 10.5 Å². The Balaban J connectivity index is 1.75. The molecule has 0 saturated carbocycles. The number of thioether (sulfide) groups is 1. The number of amides is 2. The highest BCUT2D eigenvalue weighted by Gasteiger charge is 2.43. The molecule has 2 aromatic carbocycles. The van der Waals surface area contributed by atoms with Crippen LogP contribution >= 0.6 is 11.8 Å². The van der Waals surface area contributed by atoms with Crippen LogP contribution in [0.1, 0.15) is 38.1 Å². The first-order chi connectivity index (χ1) is 24.3. The summed E-state index contributed by atoms with van der Waals surface area (Å²) in [5.41, 5.74) is 7.05. The van der Waals surface area contributed by atoms with E-state index in [-0.39, 0.29) is 49.2 Å². The van der Waals surface area contributed by atoms with Crippen LogP contribution in [0.25, 0.3) is 11.1 Å². The highest BCUT2D eigenvalue weighted by atomic mass is 32.2. The van der Waals surface area contributed by atoms with E-state index in [9.17, 15) is 23.9 Å². The van der Waals surface area contributed by atoms with Crippen LogP contribution < -0.4 is 5.73 Å². The minimum Gasteiger partial charge on any atom is -0.480 e. The fourth-order valence-corrected chi connectivity index (χ4v) is 7.90. The maximum Gasteiger partial charge on any atom is 0.409 e. The molecule has 2 amide bonds. The van der Waals surface area contributed by atoms with Gasteiger partial charge in [-0.2, -0.15) is 0 Å². The van der Waals surface area contributed by atoms with E-state index in [1.807, 2.05) is 55.7 Å². The number of benzene rings is 2. The first kappa shape index (κ1) is 41.0. The summed E-state index contributed by atoms with van der Waals surface area (Å²) in [5.74, 6) is -3.69. The maximum atomic E-state index is 15.9. The van der Waals surface area contributed by atoms with E-state index in [1.165, 1.54) is 4.90 Å². The Morgan fingerprint density at radius 1 is 1.08 bits per heavy atom. The highest BCUT2D eigenvalue weighted by molar-refractivity contribution is 8.00. The molecule has 14 heteroatoms. The third-order valence-corrected chi connectivity index (χ3v) is 11.8. The van der Waals surface area contributed by atoms with Crippen molar-refractivity contribution in [1.82, 2.24) is 14.4 Å². The Bertz CT molecular complexity index is 1700. The average Bonchev–Trinajstić information content (AvgIpc) is 3.63. The molecule has 1 fully saturated rings. The number of halogens is 3. The van der Waals surface area contributed by atoms with Gasteiger partial charge in [0.15, 0.2) is 0 Å². The highest BCUT2D eigenvalue weighted by Crippen LogP contribution is 2.42. The lowest BCUT2D eigenvalue weighted by atomic mass is 9.82. The molecule has 0 aliphatic carbocycles. The summed E-state index contributed by atoms with van der Waals surface area (Å²) in [7, 11) is -1.47. The zero-order valence-corrected chi connectivity index (χ0v) is 32.6. The fourth-order valence-electron chi connectivity index (χ4n) is 6.33. The molecule has 0 bridgehead atoms. The first-order valence-corrected chi connectivity index (χ1v) is 22.3. The van der Waals surface area contributed by atoms with Crippen molar-refractivity contribution in [2.45, 2.75) is 71.3 Å². The lowest BCUT2D eigenvalue weighted by Gasteiger charge is -2.42. The van der Waals surface area contributed by atoms with Crippen molar-refractivity contribution >= 4 is 37.8 Å². The Labute approximate surface area is 309 Å². The van der Waals surface area contributed by atoms with Crippen molar-refractivity contribution < 1.29 is 37.4 Å². The molecule has 0 spiro atoms. The Morgan fingerprint density at radius 2 is 1.77 bits per heavy atom. The number of aliphatic carboxylic acids is 1. The van der Waals surface area contributed by atoms with Crippen molar-refractivity contribution in [3.63, 3.8) is 0 Å². The first-order valence-electron chi connectivity index (χ1n) is 17.4. The number of carboxylic acids is 1. The summed E-state index contributed by atoms with van der Waals surface area (Å²) in [6.07, 6.45) is -0.305. The average molecular weight is 761 g/mol. The van der Waals surface area contributed by atoms with Crippen LogP contribution in [0.3, 0.4) is 0 Å². The van der Waals surface area contributed by atoms with Gasteiger partial charge in [0, 0.05) is 62.4 Å². The van der Waals surface area contributed by atoms with Gasteiger partial charge >= 0.3 is 12.1 Å². The molecule has 4 rings (SSSR count). The minimum atomic E-state index is -1.47. The SMILES string of the molecule is CC(C)(C)[C@H](c1cc(-c2cc(F)ccc2F)cn1Cc1ccccc1)N(C[C@@H]1CN(C(=O)OCC[Si](C)(C)C)C[C@@H]1F)C(=O)CSC[C@H](N)C(=O)O. The minimum absolute atomic E-state index is 0.0192. The van der Waals surface area contributed by atoms with Crippen LogP contribution in [0.2, 0.25) is 25.7 Å². The molecule has 0 radical (unpaired) electrons. The topological polar surface area (TPSA) is 118 Å². The van der Waals surface area contributed by atoms with Gasteiger partial charge in [-0.3, -0.25) is 9.59 Å². The number of carboxylic acid groups (broad SMARTS) is 1. The van der Waals surface area contributed by atoms with Crippen LogP contribution in [0.4, 0.5) is 18.0 Å². The predicted molar refractivity (Wildman–Crippen MR) is 202 cm³/mol. The van der Waals surface area contributed by atoms with Crippen molar-refractivity contribution in [2.75, 3.05) is 37.7 Å². The molecule has 4 atom stereocenters. The number of carbonyl (C=O) groups excluding carboxylic acids is 2. The summed E-state index contributed by atoms with van der Waals surface area (Å²) in [6, 6.07) is 13.4. The largest absolute Gasteiger partial charge is 0.480 e. The van der Waals surface area contributed by atoms with Gasteiger partial charge in [-0.25, -0.2) is 18.0 Å². The quantitative estimate of drug-likeness (QED) is 0.156. The molecule has 3 aromatic rings. The standard InChI is InChI=1S/C38H51F3N4O5SSi/c1-38(2,3)35(33-16-26(29-17-28(39)12-13-30(29)40)19-43(33)18-25-10-8-7-9-11-25)45(34(46)24-51-23-32(42)36(47)48)21-27-20-44(22-31(27)41)37(49)50-14-15-52(4,5)6/h7-13,16-17,19,27,31-32,35H,14-15,18,20-24,42H2,1-6H3,(H,47,48)/t27-,31-,32-,35-/m0/s1. The number of nitrogens with zero attached hydrogens (tertiary/aromatic N) is 3. The molecule has 1 aliphatic heterocycles. The van der Waals surface area contributed by atoms with E-state index in [0.29, 0.717) is 17.8 Å². The number of aromatic nitrogens is 1. The number of carbonyl (C=O) groups is 3. The molecule has 1 aromatic heterocycles. The predicted octanol–water partition coefficient (Wildman–Crippen LogP) is 7.29. The van der Waals surface area contributed by atoms with Gasteiger partial charge in [0.25, 0.3) is 0 Å². The van der Waals surface area contributed by atoms with Crippen LogP contribution in [0.15, 0.2) is 60.8 Å². The molecule has 2 heterocycles. The second-order valence-electron chi connectivity index (χ2n) is 15.8. The van der Waals surface area contributed by atoms with Crippen molar-refractivity contribution in [1.29, 1.82) is 0 Å². The molecule has 3 N–H and O–H groups in total. The summed E-state index contributed by atoms with van der Waals surface area (Å²) in [6.45, 7) is 12.7. The van der Waals surface area contributed by atoms with Gasteiger partial charge in [-0.05, 0) is 41.3 Å². The molecule has 1 aliphatic rings. The van der Waals surface area contributed by atoms with E-state index in [0.717, 1.165) is 41.6 Å². The zero-order chi connectivity index (χ0) is 38.4. The van der Waals surface area contributed by atoms with Crippen LogP contribution in [-0.2, 0) is 20.9 Å². The third kappa shape index (κ3) is 11.1. The van der Waals surface area contributed by atoms with E-state index in [2.05, 4.69) is 19.6 Å². The monoisotopic (exact) mass is 760 g/mol. The Hall–Kier alpha value is -3.75. The molecule has 284 valence electrons. The van der Waals surface area contributed by atoms with Gasteiger partial charge in [0.2, 0.25) is 5.91 Å². The molecular formula is C38H51F3N4O5SSi. The number of rotatable bonds is 15. The number of ether oxygens (including phenoxy) is 1. The molecule has 1 saturated heterocycles.